The molecule has 1 N–H and O–H groups in total. The van der Waals surface area contributed by atoms with E-state index >= 15 is 0 Å². The standard InChI is InChI=1S/C16H18Cl2N4OS/c1-4-7-22-11(3)20-21-16(22)24-9-15(23)19-10(2)13-6-5-12(17)8-14(13)18/h4-6,8,10H,1,7,9H2,2-3H3,(H,19,23)/t10-/m0/s1. The Morgan fingerprint density at radius 3 is 2.88 bits per heavy atom. The molecule has 0 radical (unpaired) electrons. The maximum absolute atomic E-state index is 12.2. The largest absolute Gasteiger partial charge is 0.349 e. The van der Waals surface area contributed by atoms with Gasteiger partial charge in [0.25, 0.3) is 0 Å². The topological polar surface area (TPSA) is 59.8 Å². The fourth-order valence-corrected chi connectivity index (χ4v) is 3.53. The highest BCUT2D eigenvalue weighted by molar-refractivity contribution is 7.99. The summed E-state index contributed by atoms with van der Waals surface area (Å²) in [4.78, 5) is 12.2. The predicted molar refractivity (Wildman–Crippen MR) is 98.7 cm³/mol. The average molecular weight is 385 g/mol. The number of aryl methyl sites for hydroxylation is 1. The smallest absolute Gasteiger partial charge is 0.230 e. The van der Waals surface area contributed by atoms with Gasteiger partial charge in [-0.25, -0.2) is 0 Å². The molecule has 0 saturated carbocycles. The van der Waals surface area contributed by atoms with Gasteiger partial charge in [-0.15, -0.1) is 16.8 Å². The van der Waals surface area contributed by atoms with Crippen molar-refractivity contribution >= 4 is 40.9 Å². The van der Waals surface area contributed by atoms with Gasteiger partial charge in [0.1, 0.15) is 5.82 Å². The number of carbonyl (C=O) groups is 1. The van der Waals surface area contributed by atoms with Gasteiger partial charge in [0.2, 0.25) is 5.91 Å². The summed E-state index contributed by atoms with van der Waals surface area (Å²) in [5.41, 5.74) is 0.824. The molecule has 1 aromatic carbocycles. The predicted octanol–water partition coefficient (Wildman–Crippen LogP) is 4.05. The summed E-state index contributed by atoms with van der Waals surface area (Å²) in [6.07, 6.45) is 1.77. The Hall–Kier alpha value is -1.50. The molecule has 24 heavy (non-hydrogen) atoms. The minimum Gasteiger partial charge on any atom is -0.349 e. The van der Waals surface area contributed by atoms with E-state index in [0.717, 1.165) is 11.4 Å². The van der Waals surface area contributed by atoms with Crippen LogP contribution in [0.2, 0.25) is 10.0 Å². The van der Waals surface area contributed by atoms with Gasteiger partial charge in [-0.1, -0.05) is 47.1 Å². The Morgan fingerprint density at radius 2 is 2.21 bits per heavy atom. The van der Waals surface area contributed by atoms with Gasteiger partial charge in [0.05, 0.1) is 11.8 Å². The Labute approximate surface area is 155 Å². The number of hydrogen-bond donors (Lipinski definition) is 1. The van der Waals surface area contributed by atoms with Gasteiger partial charge < -0.3 is 9.88 Å². The molecule has 0 unspecified atom stereocenters. The van der Waals surface area contributed by atoms with Gasteiger partial charge >= 0.3 is 0 Å². The molecule has 1 amide bonds. The third kappa shape index (κ3) is 4.75. The van der Waals surface area contributed by atoms with E-state index < -0.39 is 0 Å². The van der Waals surface area contributed by atoms with Crippen molar-refractivity contribution < 1.29 is 4.79 Å². The lowest BCUT2D eigenvalue weighted by Crippen LogP contribution is -2.28. The van der Waals surface area contributed by atoms with E-state index in [1.165, 1.54) is 11.8 Å². The van der Waals surface area contributed by atoms with Crippen molar-refractivity contribution in [3.63, 3.8) is 0 Å². The van der Waals surface area contributed by atoms with Crippen molar-refractivity contribution in [1.82, 2.24) is 20.1 Å². The molecule has 0 spiro atoms. The van der Waals surface area contributed by atoms with Crippen LogP contribution in [0.3, 0.4) is 0 Å². The zero-order valence-corrected chi connectivity index (χ0v) is 15.8. The zero-order chi connectivity index (χ0) is 17.7. The van der Waals surface area contributed by atoms with Crippen LogP contribution < -0.4 is 5.32 Å². The fourth-order valence-electron chi connectivity index (χ4n) is 2.15. The highest BCUT2D eigenvalue weighted by Crippen LogP contribution is 2.26. The molecular weight excluding hydrogens is 367 g/mol. The Bertz CT molecular complexity index is 748. The average Bonchev–Trinajstić information content (AvgIpc) is 2.86. The number of carbonyl (C=O) groups excluding carboxylic acids is 1. The molecule has 0 bridgehead atoms. The van der Waals surface area contributed by atoms with Crippen LogP contribution in [0, 0.1) is 6.92 Å². The van der Waals surface area contributed by atoms with Crippen molar-refractivity contribution in [3.05, 3.63) is 52.3 Å². The Balaban J connectivity index is 1.95. The van der Waals surface area contributed by atoms with Crippen LogP contribution >= 0.6 is 35.0 Å². The van der Waals surface area contributed by atoms with Crippen molar-refractivity contribution in [2.45, 2.75) is 31.6 Å². The first-order valence-electron chi connectivity index (χ1n) is 7.30. The molecule has 0 fully saturated rings. The molecule has 128 valence electrons. The second kappa shape index (κ2) is 8.55. The quantitative estimate of drug-likeness (QED) is 0.577. The Morgan fingerprint density at radius 1 is 1.46 bits per heavy atom. The maximum atomic E-state index is 12.2. The Kier molecular flexibility index (Phi) is 6.71. The lowest BCUT2D eigenvalue weighted by Gasteiger charge is -2.16. The third-order valence-electron chi connectivity index (χ3n) is 3.35. The monoisotopic (exact) mass is 384 g/mol. The van der Waals surface area contributed by atoms with E-state index in [9.17, 15) is 4.79 Å². The summed E-state index contributed by atoms with van der Waals surface area (Å²) < 4.78 is 1.91. The fraction of sp³-hybridized carbons (Fsp3) is 0.312. The lowest BCUT2D eigenvalue weighted by atomic mass is 10.1. The molecule has 1 aromatic heterocycles. The second-order valence-electron chi connectivity index (χ2n) is 5.17. The van der Waals surface area contributed by atoms with Gasteiger partial charge in [-0.3, -0.25) is 4.79 Å². The van der Waals surface area contributed by atoms with E-state index in [1.54, 1.807) is 18.2 Å². The number of amides is 1. The summed E-state index contributed by atoms with van der Waals surface area (Å²) in [7, 11) is 0. The highest BCUT2D eigenvalue weighted by atomic mass is 35.5. The summed E-state index contributed by atoms with van der Waals surface area (Å²) in [5.74, 6) is 0.925. The van der Waals surface area contributed by atoms with E-state index in [2.05, 4.69) is 22.1 Å². The number of benzene rings is 1. The lowest BCUT2D eigenvalue weighted by molar-refractivity contribution is -0.119. The first kappa shape index (κ1) is 18.8. The first-order chi connectivity index (χ1) is 11.4. The molecule has 0 aliphatic rings. The van der Waals surface area contributed by atoms with Crippen LogP contribution in [0.4, 0.5) is 0 Å². The summed E-state index contributed by atoms with van der Waals surface area (Å²) in [6.45, 7) is 8.07. The number of hydrogen-bond acceptors (Lipinski definition) is 4. The molecule has 2 rings (SSSR count). The van der Waals surface area contributed by atoms with Crippen LogP contribution in [0.1, 0.15) is 24.4 Å². The van der Waals surface area contributed by atoms with Gasteiger partial charge in [0, 0.05) is 16.6 Å². The van der Waals surface area contributed by atoms with Crippen molar-refractivity contribution in [3.8, 4) is 0 Å². The molecule has 0 aliphatic heterocycles. The van der Waals surface area contributed by atoms with Crippen LogP contribution in [-0.2, 0) is 11.3 Å². The van der Waals surface area contributed by atoms with Gasteiger partial charge in [0.15, 0.2) is 5.16 Å². The number of halogens is 2. The molecular formula is C16H18Cl2N4OS. The second-order valence-corrected chi connectivity index (χ2v) is 6.96. The summed E-state index contributed by atoms with van der Waals surface area (Å²) in [5, 5.41) is 12.8. The molecule has 0 saturated heterocycles. The minimum atomic E-state index is -0.212. The normalized spacial score (nSPS) is 12.0. The number of allylic oxidation sites excluding steroid dienone is 1. The van der Waals surface area contributed by atoms with E-state index in [4.69, 9.17) is 23.2 Å². The third-order valence-corrected chi connectivity index (χ3v) is 4.88. The van der Waals surface area contributed by atoms with Crippen LogP contribution in [0.15, 0.2) is 36.0 Å². The summed E-state index contributed by atoms with van der Waals surface area (Å²) in [6, 6.07) is 5.01. The number of nitrogens with zero attached hydrogens (tertiary/aromatic N) is 3. The van der Waals surface area contributed by atoms with Crippen LogP contribution in [-0.4, -0.2) is 26.4 Å². The van der Waals surface area contributed by atoms with E-state index in [1.807, 2.05) is 24.5 Å². The molecule has 1 heterocycles. The van der Waals surface area contributed by atoms with E-state index in [0.29, 0.717) is 21.7 Å². The SMILES string of the molecule is C=CCn1c(C)nnc1SCC(=O)N[C@@H](C)c1ccc(Cl)cc1Cl. The van der Waals surface area contributed by atoms with Crippen molar-refractivity contribution in [1.29, 1.82) is 0 Å². The van der Waals surface area contributed by atoms with Gasteiger partial charge in [-0.05, 0) is 31.5 Å². The first-order valence-corrected chi connectivity index (χ1v) is 9.04. The number of aromatic nitrogens is 3. The van der Waals surface area contributed by atoms with Crippen molar-refractivity contribution in [2.75, 3.05) is 5.75 Å². The number of thioether (sulfide) groups is 1. The molecule has 8 heteroatoms. The number of nitrogens with one attached hydrogen (secondary N) is 1. The molecule has 0 aliphatic carbocycles. The number of rotatable bonds is 7. The highest BCUT2D eigenvalue weighted by Gasteiger charge is 2.15. The summed E-state index contributed by atoms with van der Waals surface area (Å²) >= 11 is 13.4. The van der Waals surface area contributed by atoms with E-state index in [-0.39, 0.29) is 17.7 Å². The maximum Gasteiger partial charge on any atom is 0.230 e. The van der Waals surface area contributed by atoms with Crippen molar-refractivity contribution in [2.24, 2.45) is 0 Å². The molecule has 2 aromatic rings. The molecule has 1 atom stereocenters. The molecule has 5 nitrogen and oxygen atoms in total. The van der Waals surface area contributed by atoms with Gasteiger partial charge in [-0.2, -0.15) is 0 Å². The minimum absolute atomic E-state index is 0.107. The van der Waals surface area contributed by atoms with Crippen LogP contribution in [0.25, 0.3) is 0 Å². The van der Waals surface area contributed by atoms with Crippen LogP contribution in [0.5, 0.6) is 0 Å². The zero-order valence-electron chi connectivity index (χ0n) is 13.4.